The van der Waals surface area contributed by atoms with Crippen LogP contribution < -0.4 is 16.6 Å². The van der Waals surface area contributed by atoms with Crippen LogP contribution in [0.5, 0.6) is 0 Å². The second-order valence-corrected chi connectivity index (χ2v) is 4.53. The van der Waals surface area contributed by atoms with Crippen LogP contribution in [0.1, 0.15) is 26.3 Å². The van der Waals surface area contributed by atoms with E-state index >= 15 is 0 Å². The van der Waals surface area contributed by atoms with Gasteiger partial charge in [-0.05, 0) is 24.3 Å². The molecule has 0 aliphatic carbocycles. The summed E-state index contributed by atoms with van der Waals surface area (Å²) in [5, 5.41) is 2.24. The fourth-order valence-corrected chi connectivity index (χ4v) is 1.76. The molecule has 0 atom stereocenters. The fourth-order valence-electron chi connectivity index (χ4n) is 1.76. The van der Waals surface area contributed by atoms with Gasteiger partial charge in [0.25, 0.3) is 11.5 Å². The van der Waals surface area contributed by atoms with Gasteiger partial charge in [-0.15, -0.1) is 0 Å². The Morgan fingerprint density at radius 3 is 2.48 bits per heavy atom. The number of hydrogen-bond acceptors (Lipinski definition) is 3. The number of anilines is 1. The third kappa shape index (κ3) is 3.76. The third-order valence-corrected chi connectivity index (χ3v) is 2.88. The highest BCUT2D eigenvalue weighted by atomic mass is 19.4. The van der Waals surface area contributed by atoms with E-state index in [2.05, 4.69) is 5.32 Å². The van der Waals surface area contributed by atoms with Crippen molar-refractivity contribution in [1.29, 1.82) is 0 Å². The van der Waals surface area contributed by atoms with Crippen molar-refractivity contribution in [2.24, 2.45) is 5.73 Å². The number of carbonyl (C=O) groups excluding carboxylic acids is 2. The lowest BCUT2D eigenvalue weighted by molar-refractivity contribution is -0.137. The average Bonchev–Trinajstić information content (AvgIpc) is 2.46. The zero-order chi connectivity index (χ0) is 17.2. The first-order valence-corrected chi connectivity index (χ1v) is 6.19. The van der Waals surface area contributed by atoms with E-state index in [0.717, 1.165) is 0 Å². The molecular formula is C14H10F3N3O3. The molecule has 0 saturated heterocycles. The smallest absolute Gasteiger partial charge is 0.366 e. The summed E-state index contributed by atoms with van der Waals surface area (Å²) >= 11 is 0. The number of benzene rings is 1. The van der Waals surface area contributed by atoms with Crippen LogP contribution in [0.2, 0.25) is 0 Å². The molecule has 1 aromatic carbocycles. The highest BCUT2D eigenvalue weighted by molar-refractivity contribution is 6.04. The predicted octanol–water partition coefficient (Wildman–Crippen LogP) is 1.74. The average molecular weight is 325 g/mol. The fraction of sp³-hybridized carbons (Fsp3) is 0.0714. The maximum absolute atomic E-state index is 12.6. The summed E-state index contributed by atoms with van der Waals surface area (Å²) in [6, 6.07) is 5.90. The van der Waals surface area contributed by atoms with Crippen LogP contribution in [0.3, 0.4) is 0 Å². The van der Waals surface area contributed by atoms with Crippen molar-refractivity contribution >= 4 is 17.5 Å². The minimum atomic E-state index is -4.70. The maximum atomic E-state index is 12.6. The molecule has 0 aliphatic rings. The van der Waals surface area contributed by atoms with Gasteiger partial charge in [0, 0.05) is 17.4 Å². The first kappa shape index (κ1) is 16.3. The molecule has 0 radical (unpaired) electrons. The lowest BCUT2D eigenvalue weighted by Gasteiger charge is -2.09. The van der Waals surface area contributed by atoms with Gasteiger partial charge in [-0.25, -0.2) is 0 Å². The number of aromatic nitrogens is 1. The van der Waals surface area contributed by atoms with Crippen molar-refractivity contribution in [2.45, 2.75) is 6.18 Å². The molecule has 23 heavy (non-hydrogen) atoms. The Hall–Kier alpha value is -3.10. The molecule has 120 valence electrons. The number of nitrogens with one attached hydrogen (secondary N) is 2. The Labute approximate surface area is 127 Å². The van der Waals surface area contributed by atoms with Crippen LogP contribution in [-0.2, 0) is 6.18 Å². The first-order chi connectivity index (χ1) is 10.7. The van der Waals surface area contributed by atoms with E-state index in [1.165, 1.54) is 24.3 Å². The zero-order valence-electron chi connectivity index (χ0n) is 11.4. The summed E-state index contributed by atoms with van der Waals surface area (Å²) in [7, 11) is 0. The van der Waals surface area contributed by atoms with Crippen LogP contribution in [0, 0.1) is 0 Å². The van der Waals surface area contributed by atoms with Gasteiger partial charge in [0.05, 0.1) is 5.56 Å². The van der Waals surface area contributed by atoms with Crippen molar-refractivity contribution in [3.63, 3.8) is 0 Å². The molecule has 2 aromatic rings. The monoisotopic (exact) mass is 325 g/mol. The molecule has 4 N–H and O–H groups in total. The molecule has 0 bridgehead atoms. The SMILES string of the molecule is NC(=O)c1cccc(NC(=O)c2cc(C(F)(F)F)c[nH]c2=O)c1. The Morgan fingerprint density at radius 2 is 1.87 bits per heavy atom. The number of rotatable bonds is 3. The van der Waals surface area contributed by atoms with Gasteiger partial charge >= 0.3 is 6.18 Å². The van der Waals surface area contributed by atoms with Gasteiger partial charge in [-0.3, -0.25) is 14.4 Å². The second kappa shape index (κ2) is 5.95. The van der Waals surface area contributed by atoms with Gasteiger partial charge in [0.15, 0.2) is 0 Å². The number of aromatic amines is 1. The lowest BCUT2D eigenvalue weighted by atomic mass is 10.1. The van der Waals surface area contributed by atoms with Crippen molar-refractivity contribution in [3.05, 3.63) is 63.6 Å². The summed E-state index contributed by atoms with van der Waals surface area (Å²) < 4.78 is 37.9. The van der Waals surface area contributed by atoms with Gasteiger partial charge in [-0.1, -0.05) is 6.07 Å². The summed E-state index contributed by atoms with van der Waals surface area (Å²) in [6.45, 7) is 0. The number of halogens is 3. The minimum absolute atomic E-state index is 0.0979. The van der Waals surface area contributed by atoms with E-state index in [-0.39, 0.29) is 11.3 Å². The van der Waals surface area contributed by atoms with E-state index < -0.39 is 34.7 Å². The third-order valence-electron chi connectivity index (χ3n) is 2.88. The number of primary amides is 1. The van der Waals surface area contributed by atoms with E-state index in [0.29, 0.717) is 12.3 Å². The molecule has 1 aromatic heterocycles. The lowest BCUT2D eigenvalue weighted by Crippen LogP contribution is -2.24. The maximum Gasteiger partial charge on any atom is 0.417 e. The molecule has 0 fully saturated rings. The second-order valence-electron chi connectivity index (χ2n) is 4.53. The Balaban J connectivity index is 2.33. The Bertz CT molecular complexity index is 828. The molecule has 0 spiro atoms. The highest BCUT2D eigenvalue weighted by Crippen LogP contribution is 2.28. The first-order valence-electron chi connectivity index (χ1n) is 6.19. The topological polar surface area (TPSA) is 105 Å². The summed E-state index contributed by atoms with van der Waals surface area (Å²) in [4.78, 5) is 36.4. The molecule has 0 saturated carbocycles. The number of alkyl halides is 3. The molecule has 6 nitrogen and oxygen atoms in total. The number of carbonyl (C=O) groups is 2. The minimum Gasteiger partial charge on any atom is -0.366 e. The summed E-state index contributed by atoms with van der Waals surface area (Å²) in [5.74, 6) is -1.78. The van der Waals surface area contributed by atoms with E-state index in [1.54, 1.807) is 0 Å². The van der Waals surface area contributed by atoms with Gasteiger partial charge in [0.2, 0.25) is 5.91 Å². The highest BCUT2D eigenvalue weighted by Gasteiger charge is 2.32. The van der Waals surface area contributed by atoms with Crippen LogP contribution in [0.4, 0.5) is 18.9 Å². The molecule has 1 heterocycles. The number of amides is 2. The molecule has 0 aliphatic heterocycles. The van der Waals surface area contributed by atoms with Gasteiger partial charge < -0.3 is 16.0 Å². The summed E-state index contributed by atoms with van der Waals surface area (Å²) in [5.41, 5.74) is 2.46. The molecular weight excluding hydrogens is 315 g/mol. The van der Waals surface area contributed by atoms with Crippen molar-refractivity contribution in [2.75, 3.05) is 5.32 Å². The Kier molecular flexibility index (Phi) is 4.21. The number of nitrogens with two attached hydrogens (primary N) is 1. The normalized spacial score (nSPS) is 11.1. The van der Waals surface area contributed by atoms with Crippen LogP contribution >= 0.6 is 0 Å². The molecule has 0 unspecified atom stereocenters. The number of pyridine rings is 1. The van der Waals surface area contributed by atoms with Gasteiger partial charge in [-0.2, -0.15) is 13.2 Å². The van der Waals surface area contributed by atoms with E-state index in [9.17, 15) is 27.6 Å². The van der Waals surface area contributed by atoms with Crippen molar-refractivity contribution < 1.29 is 22.8 Å². The zero-order valence-corrected chi connectivity index (χ0v) is 11.4. The van der Waals surface area contributed by atoms with Crippen molar-refractivity contribution in [1.82, 2.24) is 4.98 Å². The number of hydrogen-bond donors (Lipinski definition) is 3. The van der Waals surface area contributed by atoms with Crippen LogP contribution in [0.25, 0.3) is 0 Å². The molecule has 2 rings (SSSR count). The van der Waals surface area contributed by atoms with E-state index in [1.807, 2.05) is 4.98 Å². The summed E-state index contributed by atoms with van der Waals surface area (Å²) in [6.07, 6.45) is -4.22. The number of H-pyrrole nitrogens is 1. The quantitative estimate of drug-likeness (QED) is 0.800. The van der Waals surface area contributed by atoms with Crippen LogP contribution in [0.15, 0.2) is 41.3 Å². The van der Waals surface area contributed by atoms with Gasteiger partial charge in [0.1, 0.15) is 5.56 Å². The molecule has 9 heteroatoms. The largest absolute Gasteiger partial charge is 0.417 e. The Morgan fingerprint density at radius 1 is 1.17 bits per heavy atom. The van der Waals surface area contributed by atoms with E-state index in [4.69, 9.17) is 5.73 Å². The standard InChI is InChI=1S/C14H10F3N3O3/c15-14(16,17)8-5-10(12(22)19-6-8)13(23)20-9-3-1-2-7(4-9)11(18)21/h1-6H,(H2,18,21)(H,19,22)(H,20,23). The predicted molar refractivity (Wildman–Crippen MR) is 75.0 cm³/mol. The van der Waals surface area contributed by atoms with Crippen LogP contribution in [-0.4, -0.2) is 16.8 Å². The molecule has 2 amide bonds. The van der Waals surface area contributed by atoms with Crippen molar-refractivity contribution in [3.8, 4) is 0 Å².